The standard InChI is InChI=1S/C19H21F3N2O3S2/c1-11-8-14(12-6-5-7-13(9-12)27-19(20,21)22)28-15(11)18(4)10-29(25,26)17(2,3)16(23)24-18/h5-9H,10H2,1-4H3,(H2,23,24)/t18-/m0/s1. The predicted octanol–water partition coefficient (Wildman–Crippen LogP) is 4.61. The van der Waals surface area contributed by atoms with Crippen molar-refractivity contribution in [2.45, 2.75) is 44.3 Å². The minimum absolute atomic E-state index is 0.0822. The van der Waals surface area contributed by atoms with E-state index in [9.17, 15) is 21.6 Å². The van der Waals surface area contributed by atoms with Crippen LogP contribution in [0.3, 0.4) is 0 Å². The summed E-state index contributed by atoms with van der Waals surface area (Å²) < 4.78 is 65.7. The van der Waals surface area contributed by atoms with Crippen molar-refractivity contribution in [3.63, 3.8) is 0 Å². The third kappa shape index (κ3) is 4.00. The van der Waals surface area contributed by atoms with E-state index in [0.29, 0.717) is 10.4 Å². The molecule has 3 rings (SSSR count). The van der Waals surface area contributed by atoms with Gasteiger partial charge in [0.1, 0.15) is 16.3 Å². The Kier molecular flexibility index (Phi) is 5.02. The quantitative estimate of drug-likeness (QED) is 0.722. The molecule has 1 saturated heterocycles. The van der Waals surface area contributed by atoms with Crippen molar-refractivity contribution in [2.24, 2.45) is 0 Å². The average Bonchev–Trinajstić information content (AvgIpc) is 2.94. The molecule has 29 heavy (non-hydrogen) atoms. The van der Waals surface area contributed by atoms with Crippen LogP contribution in [0, 0.1) is 12.3 Å². The molecule has 0 aliphatic carbocycles. The molecular formula is C19H21F3N2O3S2. The van der Waals surface area contributed by atoms with E-state index in [1.54, 1.807) is 19.1 Å². The van der Waals surface area contributed by atoms with Crippen LogP contribution >= 0.6 is 11.3 Å². The molecule has 158 valence electrons. The number of benzene rings is 1. The zero-order valence-electron chi connectivity index (χ0n) is 16.3. The van der Waals surface area contributed by atoms with Gasteiger partial charge in [-0.2, -0.15) is 0 Å². The Labute approximate surface area is 171 Å². The molecular weight excluding hydrogens is 425 g/mol. The first-order valence-electron chi connectivity index (χ1n) is 8.71. The fraction of sp³-hybridized carbons (Fsp3) is 0.421. The predicted molar refractivity (Wildman–Crippen MR) is 107 cm³/mol. The summed E-state index contributed by atoms with van der Waals surface area (Å²) in [5.74, 6) is -0.593. The van der Waals surface area contributed by atoms with E-state index < -0.39 is 26.5 Å². The number of ether oxygens (including phenoxy) is 1. The van der Waals surface area contributed by atoms with Crippen LogP contribution in [0.15, 0.2) is 30.3 Å². The third-order valence-corrected chi connectivity index (χ3v) is 9.30. The van der Waals surface area contributed by atoms with Crippen LogP contribution in [0.2, 0.25) is 0 Å². The zero-order valence-corrected chi connectivity index (χ0v) is 17.9. The van der Waals surface area contributed by atoms with Gasteiger partial charge in [0.05, 0.1) is 11.3 Å². The number of sulfone groups is 1. The Balaban J connectivity index is 2.00. The molecule has 2 aromatic rings. The van der Waals surface area contributed by atoms with Gasteiger partial charge in [0, 0.05) is 9.75 Å². The lowest BCUT2D eigenvalue weighted by molar-refractivity contribution is -0.274. The van der Waals surface area contributed by atoms with E-state index in [2.05, 4.69) is 10.1 Å². The SMILES string of the molecule is Cc1cc(-c2cccc(OC(F)(F)F)c2)sc1[C@]1(C)CS(=O)(=O)C(C)(C)C(=N)N1. The van der Waals surface area contributed by atoms with Gasteiger partial charge in [-0.05, 0) is 57.0 Å². The molecule has 0 spiro atoms. The lowest BCUT2D eigenvalue weighted by Crippen LogP contribution is -2.63. The largest absolute Gasteiger partial charge is 0.573 e. The Hall–Kier alpha value is -2.07. The van der Waals surface area contributed by atoms with Gasteiger partial charge < -0.3 is 10.1 Å². The molecule has 0 amide bonds. The Morgan fingerprint density at radius 3 is 2.45 bits per heavy atom. The summed E-state index contributed by atoms with van der Waals surface area (Å²) >= 11 is 1.29. The molecule has 0 unspecified atom stereocenters. The highest BCUT2D eigenvalue weighted by Gasteiger charge is 2.51. The minimum atomic E-state index is -4.78. The molecule has 2 heterocycles. The van der Waals surface area contributed by atoms with Crippen LogP contribution in [0.1, 0.15) is 31.2 Å². The minimum Gasteiger partial charge on any atom is -0.406 e. The van der Waals surface area contributed by atoms with Crippen molar-refractivity contribution in [3.8, 4) is 16.2 Å². The van der Waals surface area contributed by atoms with Gasteiger partial charge in [-0.25, -0.2) is 8.42 Å². The van der Waals surface area contributed by atoms with E-state index >= 15 is 0 Å². The molecule has 10 heteroatoms. The highest BCUT2D eigenvalue weighted by atomic mass is 32.2. The van der Waals surface area contributed by atoms with Crippen LogP contribution in [0.5, 0.6) is 5.75 Å². The number of thiophene rings is 1. The fourth-order valence-corrected chi connectivity index (χ4v) is 6.38. The number of alkyl halides is 3. The number of nitrogens with one attached hydrogen (secondary N) is 2. The molecule has 1 atom stereocenters. The van der Waals surface area contributed by atoms with Crippen molar-refractivity contribution in [1.29, 1.82) is 5.41 Å². The van der Waals surface area contributed by atoms with E-state index in [-0.39, 0.29) is 17.3 Å². The maximum Gasteiger partial charge on any atom is 0.573 e. The van der Waals surface area contributed by atoms with E-state index in [1.807, 2.05) is 6.92 Å². The third-order valence-electron chi connectivity index (χ3n) is 5.03. The maximum absolute atomic E-state index is 12.8. The van der Waals surface area contributed by atoms with Crippen LogP contribution < -0.4 is 10.1 Å². The Bertz CT molecular complexity index is 1070. The second-order valence-electron chi connectivity index (χ2n) is 7.80. The second kappa shape index (κ2) is 6.73. The van der Waals surface area contributed by atoms with Crippen LogP contribution in [0.25, 0.3) is 10.4 Å². The van der Waals surface area contributed by atoms with Gasteiger partial charge in [0.15, 0.2) is 9.84 Å². The Morgan fingerprint density at radius 2 is 1.86 bits per heavy atom. The molecule has 1 aliphatic rings. The van der Waals surface area contributed by atoms with Crippen molar-refractivity contribution >= 4 is 27.0 Å². The van der Waals surface area contributed by atoms with Gasteiger partial charge in [-0.3, -0.25) is 5.41 Å². The number of halogens is 3. The van der Waals surface area contributed by atoms with E-state index in [0.717, 1.165) is 10.4 Å². The van der Waals surface area contributed by atoms with E-state index in [1.165, 1.54) is 43.4 Å². The molecule has 1 aromatic carbocycles. The average molecular weight is 447 g/mol. The van der Waals surface area contributed by atoms with Crippen molar-refractivity contribution in [1.82, 2.24) is 5.32 Å². The first-order valence-corrected chi connectivity index (χ1v) is 11.2. The van der Waals surface area contributed by atoms with Crippen LogP contribution in [-0.4, -0.2) is 31.1 Å². The molecule has 2 N–H and O–H groups in total. The second-order valence-corrected chi connectivity index (χ2v) is 11.4. The number of hydrogen-bond acceptors (Lipinski definition) is 5. The molecule has 1 aliphatic heterocycles. The fourth-order valence-electron chi connectivity index (χ4n) is 3.32. The Morgan fingerprint density at radius 1 is 1.21 bits per heavy atom. The molecule has 1 fully saturated rings. The first kappa shape index (κ1) is 21.6. The molecule has 0 saturated carbocycles. The smallest absolute Gasteiger partial charge is 0.406 e. The van der Waals surface area contributed by atoms with E-state index in [4.69, 9.17) is 5.41 Å². The zero-order chi connectivity index (χ0) is 21.8. The van der Waals surface area contributed by atoms with Crippen molar-refractivity contribution in [2.75, 3.05) is 5.75 Å². The molecule has 0 radical (unpaired) electrons. The molecule has 1 aromatic heterocycles. The monoisotopic (exact) mass is 446 g/mol. The van der Waals surface area contributed by atoms with Crippen LogP contribution in [-0.2, 0) is 15.4 Å². The van der Waals surface area contributed by atoms with Gasteiger partial charge in [0.25, 0.3) is 0 Å². The molecule has 5 nitrogen and oxygen atoms in total. The van der Waals surface area contributed by atoms with Gasteiger partial charge >= 0.3 is 6.36 Å². The summed E-state index contributed by atoms with van der Waals surface area (Å²) in [6.07, 6.45) is -4.78. The van der Waals surface area contributed by atoms with Gasteiger partial charge in [-0.1, -0.05) is 12.1 Å². The van der Waals surface area contributed by atoms with Crippen LogP contribution in [0.4, 0.5) is 13.2 Å². The topological polar surface area (TPSA) is 79.2 Å². The number of aryl methyl sites for hydroxylation is 1. The summed E-state index contributed by atoms with van der Waals surface area (Å²) in [5.41, 5.74) is 0.326. The summed E-state index contributed by atoms with van der Waals surface area (Å²) in [5, 5.41) is 11.2. The number of hydrogen-bond donors (Lipinski definition) is 2. The maximum atomic E-state index is 12.8. The first-order chi connectivity index (χ1) is 13.1. The normalized spacial score (nSPS) is 23.5. The number of rotatable bonds is 3. The summed E-state index contributed by atoms with van der Waals surface area (Å²) in [6.45, 7) is 6.53. The van der Waals surface area contributed by atoms with Crippen molar-refractivity contribution < 1.29 is 26.3 Å². The highest BCUT2D eigenvalue weighted by molar-refractivity contribution is 7.93. The van der Waals surface area contributed by atoms with Gasteiger partial charge in [0.2, 0.25) is 0 Å². The lowest BCUT2D eigenvalue weighted by Gasteiger charge is -2.42. The summed E-state index contributed by atoms with van der Waals surface area (Å²) in [6, 6.07) is 7.44. The number of amidine groups is 1. The summed E-state index contributed by atoms with van der Waals surface area (Å²) in [7, 11) is -3.59. The summed E-state index contributed by atoms with van der Waals surface area (Å²) in [4.78, 5) is 1.40. The van der Waals surface area contributed by atoms with Gasteiger partial charge in [-0.15, -0.1) is 24.5 Å². The molecule has 0 bridgehead atoms. The highest BCUT2D eigenvalue weighted by Crippen LogP contribution is 2.42. The van der Waals surface area contributed by atoms with Crippen molar-refractivity contribution in [3.05, 3.63) is 40.8 Å². The lowest BCUT2D eigenvalue weighted by atomic mass is 9.97.